The molecule has 0 aliphatic heterocycles. The zero-order valence-electron chi connectivity index (χ0n) is 8.09. The van der Waals surface area contributed by atoms with Crippen molar-refractivity contribution in [3.63, 3.8) is 0 Å². The summed E-state index contributed by atoms with van der Waals surface area (Å²) in [6, 6.07) is 0. The topological polar surface area (TPSA) is 29.5 Å². The van der Waals surface area contributed by atoms with E-state index < -0.39 is 0 Å². The number of amides is 1. The van der Waals surface area contributed by atoms with Gasteiger partial charge in [0.1, 0.15) is 6.61 Å². The maximum atomic E-state index is 11.3. The van der Waals surface area contributed by atoms with Crippen molar-refractivity contribution >= 4 is 5.91 Å². The monoisotopic (exact) mass is 171 g/mol. The minimum absolute atomic E-state index is 0.0167. The largest absolute Gasteiger partial charge is 0.375 e. The molecule has 0 N–H and O–H groups in total. The Kier molecular flexibility index (Phi) is 5.37. The molecule has 0 rings (SSSR count). The SMILES string of the molecule is C=C(C)CN(CC)C(=O)COC. The third-order valence-electron chi connectivity index (χ3n) is 1.46. The molecule has 12 heavy (non-hydrogen) atoms. The molecule has 0 atom stereocenters. The molecule has 1 amide bonds. The first-order valence-electron chi connectivity index (χ1n) is 4.02. The van der Waals surface area contributed by atoms with Crippen molar-refractivity contribution in [1.29, 1.82) is 0 Å². The lowest BCUT2D eigenvalue weighted by Crippen LogP contribution is -2.34. The lowest BCUT2D eigenvalue weighted by molar-refractivity contribution is -0.134. The van der Waals surface area contributed by atoms with Gasteiger partial charge in [-0.3, -0.25) is 4.79 Å². The first-order chi connectivity index (χ1) is 5.61. The van der Waals surface area contributed by atoms with Gasteiger partial charge < -0.3 is 9.64 Å². The molecule has 0 fully saturated rings. The van der Waals surface area contributed by atoms with Crippen LogP contribution in [0.5, 0.6) is 0 Å². The second-order valence-electron chi connectivity index (χ2n) is 2.80. The van der Waals surface area contributed by atoms with Gasteiger partial charge in [0.25, 0.3) is 0 Å². The van der Waals surface area contributed by atoms with Gasteiger partial charge in [-0.1, -0.05) is 12.2 Å². The first-order valence-corrected chi connectivity index (χ1v) is 4.02. The third kappa shape index (κ3) is 4.13. The molecule has 0 spiro atoms. The molecule has 0 aromatic carbocycles. The van der Waals surface area contributed by atoms with E-state index in [0.29, 0.717) is 13.1 Å². The van der Waals surface area contributed by atoms with Crippen LogP contribution in [-0.4, -0.2) is 37.6 Å². The highest BCUT2D eigenvalue weighted by Gasteiger charge is 2.09. The number of carbonyl (C=O) groups is 1. The highest BCUT2D eigenvalue weighted by atomic mass is 16.5. The van der Waals surface area contributed by atoms with E-state index >= 15 is 0 Å². The van der Waals surface area contributed by atoms with Gasteiger partial charge in [0.05, 0.1) is 0 Å². The summed E-state index contributed by atoms with van der Waals surface area (Å²) in [4.78, 5) is 13.0. The standard InChI is InChI=1S/C9H17NO2/c1-5-10(6-8(2)3)9(11)7-12-4/h2,5-7H2,1,3-4H3. The van der Waals surface area contributed by atoms with E-state index in [1.165, 1.54) is 7.11 Å². The van der Waals surface area contributed by atoms with Crippen molar-refractivity contribution in [2.75, 3.05) is 26.8 Å². The fraction of sp³-hybridized carbons (Fsp3) is 0.667. The Bertz CT molecular complexity index is 166. The van der Waals surface area contributed by atoms with Crippen LogP contribution in [0.1, 0.15) is 13.8 Å². The van der Waals surface area contributed by atoms with Crippen molar-refractivity contribution in [2.24, 2.45) is 0 Å². The molecule has 0 unspecified atom stereocenters. The summed E-state index contributed by atoms with van der Waals surface area (Å²) < 4.78 is 4.75. The average molecular weight is 171 g/mol. The Morgan fingerprint density at radius 3 is 2.50 bits per heavy atom. The lowest BCUT2D eigenvalue weighted by Gasteiger charge is -2.20. The molecule has 0 aliphatic rings. The summed E-state index contributed by atoms with van der Waals surface area (Å²) >= 11 is 0. The van der Waals surface area contributed by atoms with Gasteiger partial charge >= 0.3 is 0 Å². The van der Waals surface area contributed by atoms with Gasteiger partial charge in [0, 0.05) is 20.2 Å². The summed E-state index contributed by atoms with van der Waals surface area (Å²) in [7, 11) is 1.52. The lowest BCUT2D eigenvalue weighted by atomic mass is 10.3. The number of carbonyl (C=O) groups excluding carboxylic acids is 1. The molecular formula is C9H17NO2. The van der Waals surface area contributed by atoms with Gasteiger partial charge in [0.2, 0.25) is 5.91 Å². The Morgan fingerprint density at radius 1 is 1.58 bits per heavy atom. The average Bonchev–Trinajstić information content (AvgIpc) is 2.00. The first kappa shape index (κ1) is 11.2. The van der Waals surface area contributed by atoms with Crippen LogP contribution in [-0.2, 0) is 9.53 Å². The van der Waals surface area contributed by atoms with Gasteiger partial charge in [0.15, 0.2) is 0 Å². The summed E-state index contributed by atoms with van der Waals surface area (Å²) in [6.45, 7) is 9.08. The second-order valence-corrected chi connectivity index (χ2v) is 2.80. The van der Waals surface area contributed by atoms with E-state index in [1.54, 1.807) is 4.90 Å². The van der Waals surface area contributed by atoms with E-state index in [9.17, 15) is 4.79 Å². The molecule has 0 aromatic rings. The molecule has 0 bridgehead atoms. The Hall–Kier alpha value is -0.830. The normalized spacial score (nSPS) is 9.58. The Labute approximate surface area is 74.0 Å². The highest BCUT2D eigenvalue weighted by Crippen LogP contribution is 1.96. The minimum Gasteiger partial charge on any atom is -0.375 e. The minimum atomic E-state index is 0.0167. The summed E-state index contributed by atoms with van der Waals surface area (Å²) in [5.41, 5.74) is 0.987. The highest BCUT2D eigenvalue weighted by molar-refractivity contribution is 5.77. The van der Waals surface area contributed by atoms with Crippen LogP contribution < -0.4 is 0 Å². The maximum Gasteiger partial charge on any atom is 0.248 e. The zero-order chi connectivity index (χ0) is 9.56. The Balaban J connectivity index is 3.96. The predicted octanol–water partition coefficient (Wildman–Crippen LogP) is 1.06. The number of rotatable bonds is 5. The quantitative estimate of drug-likeness (QED) is 0.579. The predicted molar refractivity (Wildman–Crippen MR) is 48.9 cm³/mol. The fourth-order valence-electron chi connectivity index (χ4n) is 0.917. The van der Waals surface area contributed by atoms with E-state index in [4.69, 9.17) is 4.74 Å². The summed E-state index contributed by atoms with van der Waals surface area (Å²) in [5, 5.41) is 0. The second kappa shape index (κ2) is 5.77. The molecule has 0 saturated heterocycles. The number of hydrogen-bond acceptors (Lipinski definition) is 2. The Morgan fingerprint density at radius 2 is 2.17 bits per heavy atom. The van der Waals surface area contributed by atoms with Gasteiger partial charge in [-0.25, -0.2) is 0 Å². The third-order valence-corrected chi connectivity index (χ3v) is 1.46. The van der Waals surface area contributed by atoms with E-state index in [0.717, 1.165) is 5.57 Å². The van der Waals surface area contributed by atoms with Crippen LogP contribution in [0, 0.1) is 0 Å². The van der Waals surface area contributed by atoms with Crippen molar-refractivity contribution in [3.05, 3.63) is 12.2 Å². The number of ether oxygens (including phenoxy) is 1. The zero-order valence-corrected chi connectivity index (χ0v) is 8.09. The number of nitrogens with zero attached hydrogens (tertiary/aromatic N) is 1. The van der Waals surface area contributed by atoms with Crippen molar-refractivity contribution in [1.82, 2.24) is 4.90 Å². The van der Waals surface area contributed by atoms with Crippen molar-refractivity contribution < 1.29 is 9.53 Å². The van der Waals surface area contributed by atoms with Crippen LogP contribution in [0.25, 0.3) is 0 Å². The fourth-order valence-corrected chi connectivity index (χ4v) is 0.917. The molecule has 3 heteroatoms. The molecule has 70 valence electrons. The molecule has 0 saturated carbocycles. The van der Waals surface area contributed by atoms with Gasteiger partial charge in [-0.2, -0.15) is 0 Å². The van der Waals surface area contributed by atoms with Crippen LogP contribution in [0.2, 0.25) is 0 Å². The van der Waals surface area contributed by atoms with Gasteiger partial charge in [-0.15, -0.1) is 0 Å². The van der Waals surface area contributed by atoms with E-state index in [1.807, 2.05) is 13.8 Å². The molecular weight excluding hydrogens is 154 g/mol. The molecule has 0 heterocycles. The summed E-state index contributed by atoms with van der Waals surface area (Å²) in [6.07, 6.45) is 0. The maximum absolute atomic E-state index is 11.3. The number of hydrogen-bond donors (Lipinski definition) is 0. The molecule has 0 aliphatic carbocycles. The van der Waals surface area contributed by atoms with Crippen molar-refractivity contribution in [2.45, 2.75) is 13.8 Å². The molecule has 0 radical (unpaired) electrons. The molecule has 3 nitrogen and oxygen atoms in total. The summed E-state index contributed by atoms with van der Waals surface area (Å²) in [5.74, 6) is 0.0167. The van der Waals surface area contributed by atoms with Crippen molar-refractivity contribution in [3.8, 4) is 0 Å². The number of likely N-dealkylation sites (N-methyl/N-ethyl adjacent to an activating group) is 1. The smallest absolute Gasteiger partial charge is 0.248 e. The van der Waals surface area contributed by atoms with E-state index in [-0.39, 0.29) is 12.5 Å². The van der Waals surface area contributed by atoms with Crippen LogP contribution in [0.15, 0.2) is 12.2 Å². The molecule has 0 aromatic heterocycles. The van der Waals surface area contributed by atoms with Gasteiger partial charge in [-0.05, 0) is 13.8 Å². The number of methoxy groups -OCH3 is 1. The van der Waals surface area contributed by atoms with E-state index in [2.05, 4.69) is 6.58 Å². The van der Waals surface area contributed by atoms with Crippen LogP contribution in [0.4, 0.5) is 0 Å². The van der Waals surface area contributed by atoms with Crippen LogP contribution >= 0.6 is 0 Å². The van der Waals surface area contributed by atoms with Crippen LogP contribution in [0.3, 0.4) is 0 Å².